The van der Waals surface area contributed by atoms with Crippen LogP contribution in [0, 0.1) is 0 Å². The van der Waals surface area contributed by atoms with Crippen molar-refractivity contribution in [1.82, 2.24) is 0 Å². The van der Waals surface area contributed by atoms with Gasteiger partial charge in [-0.15, -0.1) is 0 Å². The third-order valence-corrected chi connectivity index (χ3v) is 2.76. The maximum atomic E-state index is 10.3. The Bertz CT molecular complexity index is 612. The van der Waals surface area contributed by atoms with Gasteiger partial charge in [0.2, 0.25) is 0 Å². The minimum absolute atomic E-state index is 0. The van der Waals surface area contributed by atoms with Gasteiger partial charge in [0.15, 0.2) is 0 Å². The van der Waals surface area contributed by atoms with Gasteiger partial charge in [-0.3, -0.25) is 0 Å². The quantitative estimate of drug-likeness (QED) is 0.677. The molecule has 2 aromatic carbocycles. The first-order valence-corrected chi connectivity index (χ1v) is 6.35. The van der Waals surface area contributed by atoms with Crippen molar-refractivity contribution in [3.05, 3.63) is 83.9 Å². The number of benzene rings is 2. The van der Waals surface area contributed by atoms with E-state index in [1.807, 2.05) is 0 Å². The van der Waals surface area contributed by atoms with Crippen LogP contribution in [-0.2, 0) is 0 Å². The topological polar surface area (TPSA) is 80.3 Å². The Labute approximate surface area is 175 Å². The Morgan fingerprint density at radius 2 is 0.957 bits per heavy atom. The molecule has 0 aromatic heterocycles. The van der Waals surface area contributed by atoms with Gasteiger partial charge in [0.25, 0.3) is 0 Å². The first-order chi connectivity index (χ1) is 10.5. The summed E-state index contributed by atoms with van der Waals surface area (Å²) in [5, 5.41) is 20.5. The van der Waals surface area contributed by atoms with Gasteiger partial charge in [0, 0.05) is 0 Å². The van der Waals surface area contributed by atoms with Crippen LogP contribution >= 0.6 is 0 Å². The Morgan fingerprint density at radius 3 is 1.13 bits per heavy atom. The summed E-state index contributed by atoms with van der Waals surface area (Å²) in [4.78, 5) is 20.5. The van der Waals surface area contributed by atoms with E-state index in [0.717, 1.165) is 11.1 Å². The van der Waals surface area contributed by atoms with E-state index in [1.165, 1.54) is 24.3 Å². The van der Waals surface area contributed by atoms with E-state index in [0.29, 0.717) is 0 Å². The normalized spacial score (nSPS) is 8.70. The third-order valence-electron chi connectivity index (χ3n) is 2.76. The van der Waals surface area contributed by atoms with Crippen LogP contribution in [0.25, 0.3) is 12.2 Å². The second-order valence-corrected chi connectivity index (χ2v) is 4.23. The molecule has 2 aromatic rings. The molecule has 0 radical (unpaired) electrons. The first kappa shape index (κ1) is 21.4. The maximum absolute atomic E-state index is 10.3. The molecule has 4 nitrogen and oxygen atoms in total. The number of carbonyl (C=O) groups is 2. The molecule has 2 rings (SSSR count). The van der Waals surface area contributed by atoms with E-state index in [1.54, 1.807) is 36.4 Å². The van der Waals surface area contributed by atoms with E-state index >= 15 is 0 Å². The number of rotatable bonds is 4. The molecule has 0 fully saturated rings. The van der Waals surface area contributed by atoms with Crippen molar-refractivity contribution in [3.63, 3.8) is 0 Å². The summed E-state index contributed by atoms with van der Waals surface area (Å²) in [6.45, 7) is 7.08. The second kappa shape index (κ2) is 11.0. The van der Waals surface area contributed by atoms with Crippen molar-refractivity contribution in [1.29, 1.82) is 0 Å². The minimum atomic E-state index is -1.15. The monoisotopic (exact) mass is 432 g/mol. The molecular weight excluding hydrogens is 418 g/mol. The van der Waals surface area contributed by atoms with E-state index in [-0.39, 0.29) is 60.0 Å². The number of aromatic carboxylic acids is 2. The Morgan fingerprint density at radius 1 is 0.696 bits per heavy atom. The molecule has 0 heterocycles. The molecule has 0 bridgehead atoms. The summed E-state index contributed by atoms with van der Waals surface area (Å²) in [6, 6.07) is 12.7. The predicted molar refractivity (Wildman–Crippen MR) is 87.5 cm³/mol. The number of carboxylic acid groups (broad SMARTS) is 2. The van der Waals surface area contributed by atoms with Crippen LogP contribution in [0.3, 0.4) is 0 Å². The van der Waals surface area contributed by atoms with Crippen LogP contribution in [0.15, 0.2) is 61.7 Å². The standard InChI is InChI=1S/2C9H8O2.Ba/c2*1-2-7-3-5-8(6-4-7)9(10)11;/h2*2-6H,1H2,(H,10,11);/q;;+2/p-2. The minimum Gasteiger partial charge on any atom is -0.545 e. The second-order valence-electron chi connectivity index (χ2n) is 4.23. The Kier molecular flexibility index (Phi) is 10.3. The molecule has 0 amide bonds. The van der Waals surface area contributed by atoms with Gasteiger partial charge in [-0.1, -0.05) is 73.8 Å². The van der Waals surface area contributed by atoms with Crippen molar-refractivity contribution in [2.75, 3.05) is 0 Å². The Balaban J connectivity index is 0.000000403. The molecule has 0 saturated heterocycles. The third kappa shape index (κ3) is 7.50. The number of hydrogen-bond acceptors (Lipinski definition) is 4. The molecule has 5 heteroatoms. The van der Waals surface area contributed by atoms with Crippen molar-refractivity contribution in [2.24, 2.45) is 0 Å². The number of hydrogen-bond donors (Lipinski definition) is 0. The largest absolute Gasteiger partial charge is 2.00 e. The number of carbonyl (C=O) groups excluding carboxylic acids is 2. The zero-order chi connectivity index (χ0) is 16.5. The van der Waals surface area contributed by atoms with Crippen LogP contribution in [0.5, 0.6) is 0 Å². The first-order valence-electron chi connectivity index (χ1n) is 6.35. The van der Waals surface area contributed by atoms with Gasteiger partial charge < -0.3 is 19.8 Å². The maximum Gasteiger partial charge on any atom is 2.00 e. The van der Waals surface area contributed by atoms with E-state index in [2.05, 4.69) is 13.2 Å². The predicted octanol–water partition coefficient (Wildman–Crippen LogP) is 1.01. The fraction of sp³-hybridized carbons (Fsp3) is 0. The summed E-state index contributed by atoms with van der Waals surface area (Å²) in [5.74, 6) is -2.30. The molecule has 0 N–H and O–H groups in total. The fourth-order valence-electron chi connectivity index (χ4n) is 1.51. The van der Waals surface area contributed by atoms with Crippen molar-refractivity contribution >= 4 is 73.0 Å². The van der Waals surface area contributed by atoms with Gasteiger partial charge >= 0.3 is 48.9 Å². The van der Waals surface area contributed by atoms with Crippen LogP contribution in [-0.4, -0.2) is 60.8 Å². The van der Waals surface area contributed by atoms with Crippen molar-refractivity contribution < 1.29 is 19.8 Å². The molecule has 112 valence electrons. The van der Waals surface area contributed by atoms with Crippen LogP contribution in [0.4, 0.5) is 0 Å². The van der Waals surface area contributed by atoms with Gasteiger partial charge in [0.05, 0.1) is 11.9 Å². The number of carboxylic acids is 2. The average molecular weight is 432 g/mol. The van der Waals surface area contributed by atoms with Crippen molar-refractivity contribution in [2.45, 2.75) is 0 Å². The zero-order valence-electron chi connectivity index (χ0n) is 12.5. The molecule has 0 aliphatic carbocycles. The molecule has 0 aliphatic heterocycles. The average Bonchev–Trinajstić information content (AvgIpc) is 2.55. The van der Waals surface area contributed by atoms with Crippen LogP contribution < -0.4 is 10.2 Å². The molecule has 23 heavy (non-hydrogen) atoms. The summed E-state index contributed by atoms with van der Waals surface area (Å²) in [7, 11) is 0. The van der Waals surface area contributed by atoms with Gasteiger partial charge in [-0.2, -0.15) is 0 Å². The fourth-order valence-corrected chi connectivity index (χ4v) is 1.51. The van der Waals surface area contributed by atoms with Crippen molar-refractivity contribution in [3.8, 4) is 0 Å². The smallest absolute Gasteiger partial charge is 0.545 e. The van der Waals surface area contributed by atoms with Crippen LogP contribution in [0.2, 0.25) is 0 Å². The SMILES string of the molecule is C=Cc1ccc(C(=O)[O-])cc1.C=Cc1ccc(C(=O)[O-])cc1.[Ba+2]. The zero-order valence-corrected chi connectivity index (χ0v) is 17.0. The Hall–Kier alpha value is -1.57. The summed E-state index contributed by atoms with van der Waals surface area (Å²) < 4.78 is 0. The van der Waals surface area contributed by atoms with Gasteiger partial charge in [0.1, 0.15) is 0 Å². The van der Waals surface area contributed by atoms with Gasteiger partial charge in [-0.25, -0.2) is 0 Å². The molecule has 0 saturated carbocycles. The summed E-state index contributed by atoms with van der Waals surface area (Å²) in [5.41, 5.74) is 2.18. The molecule has 0 spiro atoms. The van der Waals surface area contributed by atoms with E-state index in [9.17, 15) is 19.8 Å². The van der Waals surface area contributed by atoms with Crippen LogP contribution in [0.1, 0.15) is 31.8 Å². The van der Waals surface area contributed by atoms with E-state index in [4.69, 9.17) is 0 Å². The van der Waals surface area contributed by atoms with E-state index < -0.39 is 11.9 Å². The molecule has 0 aliphatic rings. The summed E-state index contributed by atoms with van der Waals surface area (Å²) in [6.07, 6.45) is 3.30. The summed E-state index contributed by atoms with van der Waals surface area (Å²) >= 11 is 0. The molecule has 0 atom stereocenters. The molecule has 0 unspecified atom stereocenters. The molecular formula is C18H14BaO4. The van der Waals surface area contributed by atoms with Gasteiger partial charge in [-0.05, 0) is 22.3 Å².